The summed E-state index contributed by atoms with van der Waals surface area (Å²) in [4.78, 5) is 21.2. The van der Waals surface area contributed by atoms with Gasteiger partial charge in [-0.05, 0) is 19.1 Å². The van der Waals surface area contributed by atoms with E-state index in [4.69, 9.17) is 16.1 Å². The summed E-state index contributed by atoms with van der Waals surface area (Å²) in [6, 6.07) is 9.63. The van der Waals surface area contributed by atoms with E-state index in [1.54, 1.807) is 19.2 Å². The third-order valence-electron chi connectivity index (χ3n) is 4.93. The minimum Gasteiger partial charge on any atom is -0.360 e. The standard InChI is InChI=1S/C20H22ClN5O2/c1-14-11-18(24-28-14)23-19(27)13-26-9-7-25(8-10-26)12-16-17(21)5-4-15-3-2-6-22-20(15)16/h2-6,11H,7-10,12-13H2,1H3,(H,23,24,27). The third kappa shape index (κ3) is 4.32. The summed E-state index contributed by atoms with van der Waals surface area (Å²) in [5, 5.41) is 8.40. The van der Waals surface area contributed by atoms with Crippen molar-refractivity contribution in [1.82, 2.24) is 19.9 Å². The minimum absolute atomic E-state index is 0.0805. The molecule has 0 atom stereocenters. The second kappa shape index (κ2) is 8.26. The lowest BCUT2D eigenvalue weighted by molar-refractivity contribution is -0.117. The maximum atomic E-state index is 12.2. The Kier molecular flexibility index (Phi) is 5.57. The second-order valence-electron chi connectivity index (χ2n) is 7.02. The molecule has 8 heteroatoms. The number of nitrogens with one attached hydrogen (secondary N) is 1. The quantitative estimate of drug-likeness (QED) is 0.711. The maximum Gasteiger partial charge on any atom is 0.239 e. The van der Waals surface area contributed by atoms with Gasteiger partial charge in [0.15, 0.2) is 5.82 Å². The summed E-state index contributed by atoms with van der Waals surface area (Å²) >= 11 is 6.46. The van der Waals surface area contributed by atoms with E-state index in [-0.39, 0.29) is 5.91 Å². The molecule has 28 heavy (non-hydrogen) atoms. The smallest absolute Gasteiger partial charge is 0.239 e. The molecule has 2 aromatic heterocycles. The van der Waals surface area contributed by atoms with Gasteiger partial charge >= 0.3 is 0 Å². The van der Waals surface area contributed by atoms with Gasteiger partial charge in [0.1, 0.15) is 5.76 Å². The highest BCUT2D eigenvalue weighted by Crippen LogP contribution is 2.26. The van der Waals surface area contributed by atoms with Crippen molar-refractivity contribution in [3.05, 3.63) is 52.9 Å². The first kappa shape index (κ1) is 18.9. The fourth-order valence-corrected chi connectivity index (χ4v) is 3.68. The summed E-state index contributed by atoms with van der Waals surface area (Å²) in [6.07, 6.45) is 1.80. The average molecular weight is 400 g/mol. The topological polar surface area (TPSA) is 74.5 Å². The lowest BCUT2D eigenvalue weighted by Crippen LogP contribution is -2.48. The number of aromatic nitrogens is 2. The number of aryl methyl sites for hydroxylation is 1. The second-order valence-corrected chi connectivity index (χ2v) is 7.43. The average Bonchev–Trinajstić information content (AvgIpc) is 3.10. The Morgan fingerprint density at radius 1 is 1.21 bits per heavy atom. The first-order valence-corrected chi connectivity index (χ1v) is 9.66. The van der Waals surface area contributed by atoms with Crippen molar-refractivity contribution in [1.29, 1.82) is 0 Å². The number of amides is 1. The Morgan fingerprint density at radius 3 is 2.75 bits per heavy atom. The largest absolute Gasteiger partial charge is 0.360 e. The van der Waals surface area contributed by atoms with E-state index in [1.807, 2.05) is 18.2 Å². The minimum atomic E-state index is -0.0805. The molecule has 0 aliphatic carbocycles. The molecule has 7 nitrogen and oxygen atoms in total. The lowest BCUT2D eigenvalue weighted by atomic mass is 10.1. The Labute approximate surface area is 168 Å². The Morgan fingerprint density at radius 2 is 2.00 bits per heavy atom. The van der Waals surface area contributed by atoms with Crippen LogP contribution in [-0.4, -0.2) is 58.6 Å². The SMILES string of the molecule is Cc1cc(NC(=O)CN2CCN(Cc3c(Cl)ccc4cccnc34)CC2)no1. The van der Waals surface area contributed by atoms with Crippen LogP contribution < -0.4 is 5.32 Å². The fraction of sp³-hybridized carbons (Fsp3) is 0.350. The van der Waals surface area contributed by atoms with Gasteiger partial charge in [0.2, 0.25) is 5.91 Å². The van der Waals surface area contributed by atoms with Crippen LogP contribution in [0.4, 0.5) is 5.82 Å². The molecule has 0 saturated carbocycles. The number of rotatable bonds is 5. The molecule has 1 N–H and O–H groups in total. The monoisotopic (exact) mass is 399 g/mol. The van der Waals surface area contributed by atoms with Gasteiger partial charge in [0.25, 0.3) is 0 Å². The van der Waals surface area contributed by atoms with Crippen molar-refractivity contribution in [2.45, 2.75) is 13.5 Å². The number of benzene rings is 1. The number of hydrogen-bond acceptors (Lipinski definition) is 6. The molecule has 1 saturated heterocycles. The van der Waals surface area contributed by atoms with E-state index in [0.717, 1.165) is 54.2 Å². The molecule has 0 spiro atoms. The molecule has 1 amide bonds. The molecule has 146 valence electrons. The van der Waals surface area contributed by atoms with Crippen LogP contribution in [-0.2, 0) is 11.3 Å². The summed E-state index contributed by atoms with van der Waals surface area (Å²) in [5.41, 5.74) is 2.02. The molecule has 1 aliphatic rings. The van der Waals surface area contributed by atoms with Crippen LogP contribution in [0.25, 0.3) is 10.9 Å². The molecule has 1 fully saturated rings. The van der Waals surface area contributed by atoms with Crippen LogP contribution in [0.1, 0.15) is 11.3 Å². The number of anilines is 1. The zero-order valence-corrected chi connectivity index (χ0v) is 16.4. The molecular weight excluding hydrogens is 378 g/mol. The fourth-order valence-electron chi connectivity index (χ4n) is 3.47. The number of hydrogen-bond donors (Lipinski definition) is 1. The van der Waals surface area contributed by atoms with Crippen LogP contribution in [0, 0.1) is 6.92 Å². The molecule has 0 radical (unpaired) electrons. The lowest BCUT2D eigenvalue weighted by Gasteiger charge is -2.34. The van der Waals surface area contributed by atoms with Gasteiger partial charge in [0.05, 0.1) is 12.1 Å². The summed E-state index contributed by atoms with van der Waals surface area (Å²) < 4.78 is 4.97. The van der Waals surface area contributed by atoms with Crippen LogP contribution in [0.2, 0.25) is 5.02 Å². The number of carbonyl (C=O) groups is 1. The zero-order chi connectivity index (χ0) is 19.5. The molecule has 3 heterocycles. The molecular formula is C20H22ClN5O2. The highest BCUT2D eigenvalue weighted by atomic mass is 35.5. The van der Waals surface area contributed by atoms with Gasteiger partial charge in [0, 0.05) is 61.0 Å². The predicted molar refractivity (Wildman–Crippen MR) is 108 cm³/mol. The van der Waals surface area contributed by atoms with Crippen LogP contribution in [0.3, 0.4) is 0 Å². The van der Waals surface area contributed by atoms with Crippen molar-refractivity contribution in [3.63, 3.8) is 0 Å². The molecule has 3 aromatic rings. The Bertz CT molecular complexity index is 982. The van der Waals surface area contributed by atoms with E-state index in [1.165, 1.54) is 0 Å². The van der Waals surface area contributed by atoms with E-state index < -0.39 is 0 Å². The number of nitrogens with zero attached hydrogens (tertiary/aromatic N) is 4. The van der Waals surface area contributed by atoms with E-state index >= 15 is 0 Å². The van der Waals surface area contributed by atoms with Crippen LogP contribution in [0.15, 0.2) is 41.1 Å². The third-order valence-corrected chi connectivity index (χ3v) is 5.29. The number of carbonyl (C=O) groups excluding carboxylic acids is 1. The summed E-state index contributed by atoms with van der Waals surface area (Å²) in [7, 11) is 0. The highest BCUT2D eigenvalue weighted by molar-refractivity contribution is 6.32. The van der Waals surface area contributed by atoms with Crippen LogP contribution >= 0.6 is 11.6 Å². The van der Waals surface area contributed by atoms with Gasteiger partial charge in [-0.25, -0.2) is 0 Å². The number of halogens is 1. The van der Waals surface area contributed by atoms with Gasteiger partial charge in [-0.1, -0.05) is 28.9 Å². The zero-order valence-electron chi connectivity index (χ0n) is 15.7. The highest BCUT2D eigenvalue weighted by Gasteiger charge is 2.21. The first-order valence-electron chi connectivity index (χ1n) is 9.28. The first-order chi connectivity index (χ1) is 13.6. The van der Waals surface area contributed by atoms with E-state index in [9.17, 15) is 4.79 Å². The van der Waals surface area contributed by atoms with Crippen LogP contribution in [0.5, 0.6) is 0 Å². The number of pyridine rings is 1. The van der Waals surface area contributed by atoms with Crippen molar-refractivity contribution in [3.8, 4) is 0 Å². The number of piperazine rings is 1. The normalized spacial score (nSPS) is 15.8. The maximum absolute atomic E-state index is 12.2. The molecule has 1 aromatic carbocycles. The number of fused-ring (bicyclic) bond motifs is 1. The molecule has 0 bridgehead atoms. The summed E-state index contributed by atoms with van der Waals surface area (Å²) in [5.74, 6) is 1.05. The molecule has 0 unspecified atom stereocenters. The van der Waals surface area contributed by atoms with Crippen molar-refractivity contribution in [2.75, 3.05) is 38.0 Å². The predicted octanol–water partition coefficient (Wildman–Crippen LogP) is 2.94. The Balaban J connectivity index is 1.32. The van der Waals surface area contributed by atoms with Crippen molar-refractivity contribution in [2.24, 2.45) is 0 Å². The van der Waals surface area contributed by atoms with Gasteiger partial charge in [-0.3, -0.25) is 19.6 Å². The molecule has 1 aliphatic heterocycles. The Hall–Kier alpha value is -2.48. The van der Waals surface area contributed by atoms with Gasteiger partial charge in [-0.2, -0.15) is 0 Å². The van der Waals surface area contributed by atoms with Crippen molar-refractivity contribution < 1.29 is 9.32 Å². The van der Waals surface area contributed by atoms with E-state index in [2.05, 4.69) is 31.3 Å². The molecule has 4 rings (SSSR count). The van der Waals surface area contributed by atoms with Gasteiger partial charge in [-0.15, -0.1) is 0 Å². The van der Waals surface area contributed by atoms with Crippen molar-refractivity contribution >= 4 is 34.2 Å². The van der Waals surface area contributed by atoms with E-state index in [0.29, 0.717) is 18.1 Å². The van der Waals surface area contributed by atoms with Gasteiger partial charge < -0.3 is 9.84 Å². The summed E-state index contributed by atoms with van der Waals surface area (Å²) in [6.45, 7) is 6.27.